The zero-order valence-corrected chi connectivity index (χ0v) is 11.0. The highest BCUT2D eigenvalue weighted by Gasteiger charge is 2.04. The lowest BCUT2D eigenvalue weighted by Gasteiger charge is -2.07. The van der Waals surface area contributed by atoms with E-state index in [2.05, 4.69) is 29.2 Å². The van der Waals surface area contributed by atoms with Gasteiger partial charge in [0.25, 0.3) is 0 Å². The highest BCUT2D eigenvalue weighted by molar-refractivity contribution is 5.80. The number of nitrogens with one attached hydrogen (secondary N) is 2. The SMILES string of the molecule is CCOC(=O)CNC(=O)NCCCCC(C)C. The summed E-state index contributed by atoms with van der Waals surface area (Å²) in [7, 11) is 0. The molecule has 0 saturated heterocycles. The van der Waals surface area contributed by atoms with Crippen molar-refractivity contribution in [2.45, 2.75) is 40.0 Å². The quantitative estimate of drug-likeness (QED) is 0.504. The number of unbranched alkanes of at least 4 members (excludes halogenated alkanes) is 1. The zero-order valence-electron chi connectivity index (χ0n) is 11.0. The van der Waals surface area contributed by atoms with Crippen molar-refractivity contribution in [3.63, 3.8) is 0 Å². The van der Waals surface area contributed by atoms with Gasteiger partial charge in [0.05, 0.1) is 6.61 Å². The first kappa shape index (κ1) is 15.7. The second kappa shape index (κ2) is 9.93. The number of hydrogen-bond donors (Lipinski definition) is 2. The molecule has 0 aliphatic heterocycles. The standard InChI is InChI=1S/C12H24N2O3/c1-4-17-11(15)9-14-12(16)13-8-6-5-7-10(2)3/h10H,4-9H2,1-3H3,(H2,13,14,16). The van der Waals surface area contributed by atoms with E-state index in [1.807, 2.05) is 0 Å². The Kier molecular flexibility index (Phi) is 9.19. The van der Waals surface area contributed by atoms with Crippen LogP contribution in [0.5, 0.6) is 0 Å². The molecule has 2 N–H and O–H groups in total. The summed E-state index contributed by atoms with van der Waals surface area (Å²) < 4.78 is 4.68. The second-order valence-corrected chi connectivity index (χ2v) is 4.30. The van der Waals surface area contributed by atoms with Crippen LogP contribution in [0.4, 0.5) is 4.79 Å². The Bertz CT molecular complexity index is 230. The molecule has 0 atom stereocenters. The van der Waals surface area contributed by atoms with Crippen molar-refractivity contribution in [1.82, 2.24) is 10.6 Å². The van der Waals surface area contributed by atoms with Crippen LogP contribution in [-0.4, -0.2) is 31.7 Å². The molecule has 0 aliphatic carbocycles. The van der Waals surface area contributed by atoms with Gasteiger partial charge in [0, 0.05) is 6.54 Å². The number of carbonyl (C=O) groups is 2. The Balaban J connectivity index is 3.38. The molecular weight excluding hydrogens is 220 g/mol. The lowest BCUT2D eigenvalue weighted by molar-refractivity contribution is -0.141. The summed E-state index contributed by atoms with van der Waals surface area (Å²) in [5, 5.41) is 5.14. The van der Waals surface area contributed by atoms with Crippen LogP contribution in [-0.2, 0) is 9.53 Å². The number of esters is 1. The smallest absolute Gasteiger partial charge is 0.325 e. The van der Waals surface area contributed by atoms with Crippen LogP contribution >= 0.6 is 0 Å². The third-order valence-electron chi connectivity index (χ3n) is 2.19. The minimum atomic E-state index is -0.414. The number of ether oxygens (including phenoxy) is 1. The second-order valence-electron chi connectivity index (χ2n) is 4.30. The number of hydrogen-bond acceptors (Lipinski definition) is 3. The normalized spacial score (nSPS) is 10.1. The average molecular weight is 244 g/mol. The van der Waals surface area contributed by atoms with Crippen LogP contribution in [0.3, 0.4) is 0 Å². The molecular formula is C12H24N2O3. The first-order valence-electron chi connectivity index (χ1n) is 6.23. The van der Waals surface area contributed by atoms with Crippen LogP contribution < -0.4 is 10.6 Å². The topological polar surface area (TPSA) is 67.4 Å². The van der Waals surface area contributed by atoms with Gasteiger partial charge in [-0.15, -0.1) is 0 Å². The van der Waals surface area contributed by atoms with Crippen LogP contribution in [0.15, 0.2) is 0 Å². The van der Waals surface area contributed by atoms with Crippen molar-refractivity contribution in [3.8, 4) is 0 Å². The maximum absolute atomic E-state index is 11.2. The van der Waals surface area contributed by atoms with E-state index in [4.69, 9.17) is 0 Å². The molecule has 0 heterocycles. The van der Waals surface area contributed by atoms with Gasteiger partial charge in [0.1, 0.15) is 6.54 Å². The fourth-order valence-electron chi connectivity index (χ4n) is 1.31. The van der Waals surface area contributed by atoms with Gasteiger partial charge in [-0.1, -0.05) is 26.7 Å². The minimum absolute atomic E-state index is 0.0777. The van der Waals surface area contributed by atoms with Gasteiger partial charge in [-0.3, -0.25) is 4.79 Å². The Labute approximate surface area is 103 Å². The molecule has 0 aromatic carbocycles. The summed E-state index contributed by atoms with van der Waals surface area (Å²) in [5.74, 6) is 0.287. The molecule has 5 heteroatoms. The molecule has 0 aromatic rings. The maximum atomic E-state index is 11.2. The molecule has 0 saturated carbocycles. The summed E-state index contributed by atoms with van der Waals surface area (Å²) in [6, 6.07) is -0.317. The van der Waals surface area contributed by atoms with Crippen molar-refractivity contribution < 1.29 is 14.3 Å². The Morgan fingerprint density at radius 1 is 1.18 bits per heavy atom. The lowest BCUT2D eigenvalue weighted by Crippen LogP contribution is -2.39. The molecule has 2 amide bonds. The number of urea groups is 1. The van der Waals surface area contributed by atoms with Crippen LogP contribution in [0.2, 0.25) is 0 Å². The predicted molar refractivity (Wildman–Crippen MR) is 66.7 cm³/mol. The minimum Gasteiger partial charge on any atom is -0.465 e. The molecule has 0 rings (SSSR count). The molecule has 0 unspecified atom stereocenters. The predicted octanol–water partition coefficient (Wildman–Crippen LogP) is 1.67. The van der Waals surface area contributed by atoms with Crippen molar-refractivity contribution in [2.24, 2.45) is 5.92 Å². The average Bonchev–Trinajstić information content (AvgIpc) is 2.26. The Morgan fingerprint density at radius 2 is 1.88 bits per heavy atom. The summed E-state index contributed by atoms with van der Waals surface area (Å²) in [5.41, 5.74) is 0. The van der Waals surface area contributed by atoms with Crippen molar-refractivity contribution in [1.29, 1.82) is 0 Å². The summed E-state index contributed by atoms with van der Waals surface area (Å²) in [6.45, 7) is 6.98. The first-order chi connectivity index (χ1) is 8.06. The maximum Gasteiger partial charge on any atom is 0.325 e. The van der Waals surface area contributed by atoms with E-state index in [9.17, 15) is 9.59 Å². The number of amides is 2. The molecule has 5 nitrogen and oxygen atoms in total. The van der Waals surface area contributed by atoms with Gasteiger partial charge in [-0.2, -0.15) is 0 Å². The first-order valence-corrected chi connectivity index (χ1v) is 6.23. The van der Waals surface area contributed by atoms with Gasteiger partial charge in [0.15, 0.2) is 0 Å². The highest BCUT2D eigenvalue weighted by atomic mass is 16.5. The number of rotatable bonds is 8. The summed E-state index contributed by atoms with van der Waals surface area (Å²) >= 11 is 0. The van der Waals surface area contributed by atoms with Crippen molar-refractivity contribution in [3.05, 3.63) is 0 Å². The largest absolute Gasteiger partial charge is 0.465 e. The molecule has 0 radical (unpaired) electrons. The third kappa shape index (κ3) is 11.0. The van der Waals surface area contributed by atoms with Crippen molar-refractivity contribution >= 4 is 12.0 Å². The van der Waals surface area contributed by atoms with E-state index in [0.29, 0.717) is 19.1 Å². The van der Waals surface area contributed by atoms with E-state index in [1.54, 1.807) is 6.92 Å². The summed E-state index contributed by atoms with van der Waals surface area (Å²) in [6.07, 6.45) is 3.24. The zero-order chi connectivity index (χ0) is 13.1. The van der Waals surface area contributed by atoms with Crippen LogP contribution in [0, 0.1) is 5.92 Å². The fraction of sp³-hybridized carbons (Fsp3) is 0.833. The van der Waals surface area contributed by atoms with Gasteiger partial charge in [-0.25, -0.2) is 4.79 Å². The monoisotopic (exact) mass is 244 g/mol. The van der Waals surface area contributed by atoms with Gasteiger partial charge >= 0.3 is 12.0 Å². The molecule has 0 aromatic heterocycles. The van der Waals surface area contributed by atoms with Gasteiger partial charge in [-0.05, 0) is 19.3 Å². The third-order valence-corrected chi connectivity index (χ3v) is 2.19. The van der Waals surface area contributed by atoms with E-state index in [-0.39, 0.29) is 12.6 Å². The molecule has 17 heavy (non-hydrogen) atoms. The molecule has 0 aliphatic rings. The highest BCUT2D eigenvalue weighted by Crippen LogP contribution is 2.04. The molecule has 0 spiro atoms. The van der Waals surface area contributed by atoms with Crippen molar-refractivity contribution in [2.75, 3.05) is 19.7 Å². The van der Waals surface area contributed by atoms with E-state index >= 15 is 0 Å². The van der Waals surface area contributed by atoms with Crippen LogP contribution in [0.1, 0.15) is 40.0 Å². The van der Waals surface area contributed by atoms with Gasteiger partial charge < -0.3 is 15.4 Å². The van der Waals surface area contributed by atoms with Gasteiger partial charge in [0.2, 0.25) is 0 Å². The molecule has 0 fully saturated rings. The fourth-order valence-corrected chi connectivity index (χ4v) is 1.31. The van der Waals surface area contributed by atoms with E-state index < -0.39 is 5.97 Å². The number of carbonyl (C=O) groups excluding carboxylic acids is 2. The molecule has 0 bridgehead atoms. The Morgan fingerprint density at radius 3 is 2.47 bits per heavy atom. The van der Waals surface area contributed by atoms with E-state index in [0.717, 1.165) is 12.8 Å². The van der Waals surface area contributed by atoms with Crippen LogP contribution in [0.25, 0.3) is 0 Å². The lowest BCUT2D eigenvalue weighted by atomic mass is 10.1. The summed E-state index contributed by atoms with van der Waals surface area (Å²) in [4.78, 5) is 22.2. The molecule has 100 valence electrons. The Hall–Kier alpha value is -1.26. The van der Waals surface area contributed by atoms with E-state index in [1.165, 1.54) is 6.42 Å².